The zero-order chi connectivity index (χ0) is 18.2. The van der Waals surface area contributed by atoms with E-state index in [9.17, 15) is 4.39 Å². The first kappa shape index (κ1) is 18.9. The van der Waals surface area contributed by atoms with Crippen molar-refractivity contribution in [2.45, 2.75) is 70.8 Å². The summed E-state index contributed by atoms with van der Waals surface area (Å²) in [6.07, 6.45) is 11.0. The Balaban J connectivity index is 1.45. The molecule has 0 aromatic heterocycles. The van der Waals surface area contributed by atoms with E-state index in [-0.39, 0.29) is 5.82 Å². The first-order valence-corrected chi connectivity index (χ1v) is 10.2. The van der Waals surface area contributed by atoms with Crippen molar-refractivity contribution in [3.05, 3.63) is 65.5 Å². The fraction of sp³-hybridized carbons (Fsp3) is 0.500. The molecule has 0 heterocycles. The maximum absolute atomic E-state index is 12.9. The van der Waals surface area contributed by atoms with Crippen molar-refractivity contribution in [3.63, 3.8) is 0 Å². The maximum atomic E-state index is 12.9. The van der Waals surface area contributed by atoms with Crippen LogP contribution in [0.5, 0.6) is 5.75 Å². The summed E-state index contributed by atoms with van der Waals surface area (Å²) in [6, 6.07) is 15.1. The first-order valence-electron chi connectivity index (χ1n) is 10.2. The van der Waals surface area contributed by atoms with Crippen molar-refractivity contribution in [3.8, 4) is 5.75 Å². The van der Waals surface area contributed by atoms with Gasteiger partial charge in [0.05, 0.1) is 0 Å². The van der Waals surface area contributed by atoms with E-state index in [1.165, 1.54) is 69.1 Å². The molecular weight excluding hydrogens is 323 g/mol. The minimum Gasteiger partial charge on any atom is -0.489 e. The van der Waals surface area contributed by atoms with Crippen molar-refractivity contribution >= 4 is 0 Å². The smallest absolute Gasteiger partial charge is 0.123 e. The Morgan fingerprint density at radius 3 is 2.23 bits per heavy atom. The molecule has 2 heteroatoms. The van der Waals surface area contributed by atoms with Gasteiger partial charge in [-0.15, -0.1) is 0 Å². The van der Waals surface area contributed by atoms with E-state index in [2.05, 4.69) is 31.2 Å². The van der Waals surface area contributed by atoms with Gasteiger partial charge in [-0.25, -0.2) is 4.39 Å². The highest BCUT2D eigenvalue weighted by molar-refractivity contribution is 5.27. The van der Waals surface area contributed by atoms with Gasteiger partial charge in [0, 0.05) is 0 Å². The second-order valence-electron chi connectivity index (χ2n) is 7.70. The van der Waals surface area contributed by atoms with E-state index in [4.69, 9.17) is 4.74 Å². The molecule has 0 amide bonds. The van der Waals surface area contributed by atoms with Crippen molar-refractivity contribution < 1.29 is 9.13 Å². The second kappa shape index (κ2) is 9.75. The van der Waals surface area contributed by atoms with E-state index in [1.54, 1.807) is 12.1 Å². The molecule has 1 saturated carbocycles. The van der Waals surface area contributed by atoms with Crippen LogP contribution in [0.3, 0.4) is 0 Å². The van der Waals surface area contributed by atoms with Crippen LogP contribution in [0.1, 0.15) is 75.3 Å². The predicted molar refractivity (Wildman–Crippen MR) is 106 cm³/mol. The molecule has 0 atom stereocenters. The van der Waals surface area contributed by atoms with Crippen LogP contribution in [-0.4, -0.2) is 0 Å². The number of benzene rings is 2. The normalized spacial score (nSPS) is 20.1. The van der Waals surface area contributed by atoms with Crippen molar-refractivity contribution in [1.82, 2.24) is 0 Å². The third-order valence-corrected chi connectivity index (χ3v) is 5.73. The Kier molecular flexibility index (Phi) is 7.11. The number of hydrogen-bond donors (Lipinski definition) is 0. The van der Waals surface area contributed by atoms with E-state index < -0.39 is 0 Å². The third-order valence-electron chi connectivity index (χ3n) is 5.73. The molecule has 2 aromatic rings. The number of halogens is 1. The lowest BCUT2D eigenvalue weighted by molar-refractivity contribution is 0.301. The fourth-order valence-corrected chi connectivity index (χ4v) is 4.05. The van der Waals surface area contributed by atoms with E-state index in [0.717, 1.165) is 17.4 Å². The molecule has 1 nitrogen and oxygen atoms in total. The van der Waals surface area contributed by atoms with Gasteiger partial charge in [0.25, 0.3) is 0 Å². The summed E-state index contributed by atoms with van der Waals surface area (Å²) in [7, 11) is 0. The number of ether oxygens (including phenoxy) is 1. The molecular formula is C24H31FO. The quantitative estimate of drug-likeness (QED) is 0.453. The summed E-state index contributed by atoms with van der Waals surface area (Å²) in [6.45, 7) is 2.81. The van der Waals surface area contributed by atoms with E-state index >= 15 is 0 Å². The lowest BCUT2D eigenvalue weighted by Gasteiger charge is -2.29. The van der Waals surface area contributed by atoms with Gasteiger partial charge in [-0.05, 0) is 72.9 Å². The highest BCUT2D eigenvalue weighted by Crippen LogP contribution is 2.37. The summed E-state index contributed by atoms with van der Waals surface area (Å²) in [5.41, 5.74) is 2.63. The average Bonchev–Trinajstić information content (AvgIpc) is 2.69. The molecule has 0 N–H and O–H groups in total. The van der Waals surface area contributed by atoms with Gasteiger partial charge in [0.2, 0.25) is 0 Å². The molecule has 0 aliphatic heterocycles. The van der Waals surface area contributed by atoms with Crippen LogP contribution in [0, 0.1) is 11.7 Å². The van der Waals surface area contributed by atoms with Gasteiger partial charge < -0.3 is 4.74 Å². The Hall–Kier alpha value is -1.83. The Morgan fingerprint density at radius 2 is 1.58 bits per heavy atom. The molecule has 1 aliphatic carbocycles. The second-order valence-corrected chi connectivity index (χ2v) is 7.70. The molecule has 0 saturated heterocycles. The largest absolute Gasteiger partial charge is 0.489 e. The van der Waals surface area contributed by atoms with Gasteiger partial charge >= 0.3 is 0 Å². The van der Waals surface area contributed by atoms with Crippen molar-refractivity contribution in [1.29, 1.82) is 0 Å². The minimum absolute atomic E-state index is 0.234. The molecule has 3 rings (SSSR count). The van der Waals surface area contributed by atoms with Crippen LogP contribution >= 0.6 is 0 Å². The highest BCUT2D eigenvalue weighted by Gasteiger charge is 2.21. The molecule has 0 bridgehead atoms. The highest BCUT2D eigenvalue weighted by atomic mass is 19.1. The summed E-state index contributed by atoms with van der Waals surface area (Å²) in [4.78, 5) is 0. The van der Waals surface area contributed by atoms with Gasteiger partial charge in [0.15, 0.2) is 0 Å². The molecule has 0 radical (unpaired) electrons. The van der Waals surface area contributed by atoms with Crippen LogP contribution in [-0.2, 0) is 6.61 Å². The van der Waals surface area contributed by atoms with Gasteiger partial charge in [-0.2, -0.15) is 0 Å². The Bertz CT molecular complexity index is 639. The number of unbranched alkanes of at least 4 members (excludes halogenated alkanes) is 2. The molecule has 2 aromatic carbocycles. The molecule has 0 spiro atoms. The van der Waals surface area contributed by atoms with Gasteiger partial charge in [-0.1, -0.05) is 56.9 Å². The average molecular weight is 355 g/mol. The summed E-state index contributed by atoms with van der Waals surface area (Å²) < 4.78 is 18.6. The van der Waals surface area contributed by atoms with Crippen LogP contribution in [0.25, 0.3) is 0 Å². The lowest BCUT2D eigenvalue weighted by atomic mass is 9.77. The summed E-state index contributed by atoms with van der Waals surface area (Å²) in [5, 5.41) is 0. The molecule has 140 valence electrons. The van der Waals surface area contributed by atoms with Crippen LogP contribution < -0.4 is 4.74 Å². The standard InChI is InChI=1S/C24H31FO/c1-2-3-4-5-19-6-10-21(11-7-19)22-12-8-20(9-13-22)18-26-24-16-14-23(25)15-17-24/h8-9,12-17,19,21H,2-7,10-11,18H2,1H3/t19-,21-. The molecule has 1 aliphatic rings. The summed E-state index contributed by atoms with van der Waals surface area (Å²) >= 11 is 0. The van der Waals surface area contributed by atoms with Gasteiger partial charge in [-0.3, -0.25) is 0 Å². The monoisotopic (exact) mass is 354 g/mol. The number of rotatable bonds is 8. The maximum Gasteiger partial charge on any atom is 0.123 e. The predicted octanol–water partition coefficient (Wildman–Crippen LogP) is 7.26. The Morgan fingerprint density at radius 1 is 0.885 bits per heavy atom. The third kappa shape index (κ3) is 5.59. The minimum atomic E-state index is -0.234. The van der Waals surface area contributed by atoms with E-state index in [1.807, 2.05) is 0 Å². The van der Waals surface area contributed by atoms with Crippen LogP contribution in [0.2, 0.25) is 0 Å². The fourth-order valence-electron chi connectivity index (χ4n) is 4.05. The number of hydrogen-bond acceptors (Lipinski definition) is 1. The van der Waals surface area contributed by atoms with Crippen LogP contribution in [0.4, 0.5) is 4.39 Å². The molecule has 0 unspecified atom stereocenters. The zero-order valence-corrected chi connectivity index (χ0v) is 15.9. The molecule has 26 heavy (non-hydrogen) atoms. The van der Waals surface area contributed by atoms with E-state index in [0.29, 0.717) is 12.4 Å². The first-order chi connectivity index (χ1) is 12.7. The topological polar surface area (TPSA) is 9.23 Å². The van der Waals surface area contributed by atoms with Crippen molar-refractivity contribution in [2.75, 3.05) is 0 Å². The van der Waals surface area contributed by atoms with Gasteiger partial charge in [0.1, 0.15) is 18.2 Å². The summed E-state index contributed by atoms with van der Waals surface area (Å²) in [5.74, 6) is 2.16. The SMILES string of the molecule is CCCCC[C@H]1CC[C@H](c2ccc(COc3ccc(F)cc3)cc2)CC1. The lowest BCUT2D eigenvalue weighted by Crippen LogP contribution is -2.13. The van der Waals surface area contributed by atoms with Crippen LogP contribution in [0.15, 0.2) is 48.5 Å². The Labute approximate surface area is 157 Å². The zero-order valence-electron chi connectivity index (χ0n) is 15.9. The molecule has 1 fully saturated rings. The van der Waals surface area contributed by atoms with Crippen molar-refractivity contribution in [2.24, 2.45) is 5.92 Å².